The number of carbonyl (C=O) groups excluding carboxylic acids is 1. The molecule has 0 aliphatic heterocycles. The summed E-state index contributed by atoms with van der Waals surface area (Å²) in [5.74, 6) is 0.184. The second-order valence-corrected chi connectivity index (χ2v) is 7.74. The van der Waals surface area contributed by atoms with E-state index in [2.05, 4.69) is 12.1 Å². The smallest absolute Gasteiger partial charge is 0.174 e. The normalized spacial score (nSPS) is 12.0. The van der Waals surface area contributed by atoms with E-state index in [4.69, 9.17) is 11.6 Å². The van der Waals surface area contributed by atoms with E-state index in [1.807, 2.05) is 60.0 Å². The van der Waals surface area contributed by atoms with Gasteiger partial charge in [0.1, 0.15) is 0 Å². The van der Waals surface area contributed by atoms with Crippen molar-refractivity contribution in [3.05, 3.63) is 87.6 Å². The molecule has 1 nitrogen and oxygen atoms in total. The van der Waals surface area contributed by atoms with Crippen LogP contribution < -0.4 is 0 Å². The first-order valence-corrected chi connectivity index (χ1v) is 9.40. The fourth-order valence-corrected chi connectivity index (χ4v) is 4.25. The van der Waals surface area contributed by atoms with Gasteiger partial charge in [0.05, 0.1) is 4.88 Å². The molecule has 0 aliphatic carbocycles. The highest BCUT2D eigenvalue weighted by molar-refractivity contribution is 7.99. The van der Waals surface area contributed by atoms with Crippen LogP contribution >= 0.6 is 34.7 Å². The summed E-state index contributed by atoms with van der Waals surface area (Å²) in [4.78, 5) is 14.5. The average molecular weight is 359 g/mol. The Hall–Kier alpha value is -1.55. The van der Waals surface area contributed by atoms with Crippen LogP contribution in [0.3, 0.4) is 0 Å². The number of benzene rings is 2. The van der Waals surface area contributed by atoms with Crippen molar-refractivity contribution in [1.29, 1.82) is 0 Å². The largest absolute Gasteiger partial charge is 0.293 e. The van der Waals surface area contributed by atoms with Crippen LogP contribution in [0.2, 0.25) is 5.02 Å². The van der Waals surface area contributed by atoms with E-state index in [-0.39, 0.29) is 11.0 Å². The molecule has 1 atom stereocenters. The van der Waals surface area contributed by atoms with Crippen LogP contribution in [0, 0.1) is 0 Å². The summed E-state index contributed by atoms with van der Waals surface area (Å²) in [7, 11) is 0. The maximum atomic E-state index is 12.5. The Kier molecular flexibility index (Phi) is 5.55. The lowest BCUT2D eigenvalue weighted by atomic mass is 10.1. The quantitative estimate of drug-likeness (QED) is 0.369. The summed E-state index contributed by atoms with van der Waals surface area (Å²) in [6, 6.07) is 21.7. The predicted octanol–water partition coefficient (Wildman–Crippen LogP) is 6.51. The third-order valence-corrected chi connectivity index (χ3v) is 5.86. The molecule has 1 heterocycles. The first-order valence-electron chi connectivity index (χ1n) is 7.26. The highest BCUT2D eigenvalue weighted by Gasteiger charge is 2.19. The van der Waals surface area contributed by atoms with Crippen LogP contribution in [-0.4, -0.2) is 5.78 Å². The zero-order valence-electron chi connectivity index (χ0n) is 12.3. The number of thiophene rings is 1. The van der Waals surface area contributed by atoms with Gasteiger partial charge in [-0.05, 0) is 41.3 Å². The number of ketones is 1. The van der Waals surface area contributed by atoms with Gasteiger partial charge in [0.15, 0.2) is 5.78 Å². The zero-order valence-corrected chi connectivity index (χ0v) is 14.7. The summed E-state index contributed by atoms with van der Waals surface area (Å²) in [5, 5.41) is 2.72. The molecule has 0 radical (unpaired) electrons. The van der Waals surface area contributed by atoms with Gasteiger partial charge in [-0.25, -0.2) is 0 Å². The average Bonchev–Trinajstić information content (AvgIpc) is 3.10. The summed E-state index contributed by atoms with van der Waals surface area (Å²) in [6.07, 6.45) is 0.474. The lowest BCUT2D eigenvalue weighted by molar-refractivity contribution is 0.0986. The van der Waals surface area contributed by atoms with Crippen LogP contribution in [0.1, 0.15) is 26.9 Å². The van der Waals surface area contributed by atoms with Crippen molar-refractivity contribution in [3.63, 3.8) is 0 Å². The van der Waals surface area contributed by atoms with Crippen molar-refractivity contribution in [1.82, 2.24) is 0 Å². The van der Waals surface area contributed by atoms with E-state index in [9.17, 15) is 4.79 Å². The van der Waals surface area contributed by atoms with Crippen molar-refractivity contribution in [3.8, 4) is 0 Å². The number of Topliss-reactive ketones (excluding diaryl/α,β-unsaturated/α-hetero) is 1. The van der Waals surface area contributed by atoms with E-state index in [1.165, 1.54) is 11.3 Å². The maximum Gasteiger partial charge on any atom is 0.174 e. The molecule has 0 fully saturated rings. The fraction of sp³-hybridized carbons (Fsp3) is 0.105. The SMILES string of the molecule is O=C(C[C@@H](Sc1ccccc1)c1ccc(Cl)cc1)c1cccs1. The summed E-state index contributed by atoms with van der Waals surface area (Å²) in [6.45, 7) is 0. The van der Waals surface area contributed by atoms with Crippen LogP contribution in [-0.2, 0) is 0 Å². The van der Waals surface area contributed by atoms with Crippen LogP contribution in [0.25, 0.3) is 0 Å². The molecule has 0 amide bonds. The minimum Gasteiger partial charge on any atom is -0.293 e. The van der Waals surface area contributed by atoms with Gasteiger partial charge in [-0.3, -0.25) is 4.79 Å². The van der Waals surface area contributed by atoms with Gasteiger partial charge in [-0.1, -0.05) is 48.0 Å². The van der Waals surface area contributed by atoms with E-state index in [0.717, 1.165) is 15.3 Å². The van der Waals surface area contributed by atoms with Gasteiger partial charge >= 0.3 is 0 Å². The van der Waals surface area contributed by atoms with Gasteiger partial charge in [0.2, 0.25) is 0 Å². The number of thioether (sulfide) groups is 1. The molecule has 0 spiro atoms. The molecule has 2 aromatic carbocycles. The third kappa shape index (κ3) is 4.47. The van der Waals surface area contributed by atoms with Gasteiger partial charge in [0, 0.05) is 21.6 Å². The van der Waals surface area contributed by atoms with Gasteiger partial charge in [0.25, 0.3) is 0 Å². The van der Waals surface area contributed by atoms with Crippen molar-refractivity contribution >= 4 is 40.5 Å². The third-order valence-electron chi connectivity index (χ3n) is 3.43. The maximum absolute atomic E-state index is 12.5. The number of halogens is 1. The number of hydrogen-bond donors (Lipinski definition) is 0. The topological polar surface area (TPSA) is 17.1 Å². The first kappa shape index (κ1) is 16.3. The second kappa shape index (κ2) is 7.82. The molecule has 23 heavy (non-hydrogen) atoms. The summed E-state index contributed by atoms with van der Waals surface area (Å²) >= 11 is 9.20. The Bertz CT molecular complexity index is 752. The van der Waals surface area contributed by atoms with Gasteiger partial charge < -0.3 is 0 Å². The molecule has 1 aromatic heterocycles. The van der Waals surface area contributed by atoms with E-state index in [1.54, 1.807) is 11.8 Å². The van der Waals surface area contributed by atoms with Crippen LogP contribution in [0.5, 0.6) is 0 Å². The molecule has 0 bridgehead atoms. The lowest BCUT2D eigenvalue weighted by Gasteiger charge is -2.16. The van der Waals surface area contributed by atoms with Crippen molar-refractivity contribution in [2.45, 2.75) is 16.6 Å². The standard InChI is InChI=1S/C19H15ClOS2/c20-15-10-8-14(9-11-15)19(23-16-5-2-1-3-6-16)13-17(21)18-7-4-12-22-18/h1-12,19H,13H2/t19-/m1/s1. The Morgan fingerprint density at radius 2 is 1.74 bits per heavy atom. The monoisotopic (exact) mass is 358 g/mol. The molecule has 0 unspecified atom stereocenters. The summed E-state index contributed by atoms with van der Waals surface area (Å²) < 4.78 is 0. The molecule has 3 rings (SSSR count). The van der Waals surface area contributed by atoms with E-state index >= 15 is 0 Å². The van der Waals surface area contributed by atoms with Crippen molar-refractivity contribution in [2.24, 2.45) is 0 Å². The molecule has 0 aliphatic rings. The molecule has 0 saturated carbocycles. The highest BCUT2D eigenvalue weighted by atomic mass is 35.5. The Morgan fingerprint density at radius 3 is 2.39 bits per heavy atom. The lowest BCUT2D eigenvalue weighted by Crippen LogP contribution is -2.04. The zero-order chi connectivity index (χ0) is 16.1. The minimum absolute atomic E-state index is 0.0734. The fourth-order valence-electron chi connectivity index (χ4n) is 2.27. The van der Waals surface area contributed by atoms with Gasteiger partial charge in [-0.15, -0.1) is 23.1 Å². The Labute approximate surface area is 149 Å². The van der Waals surface area contributed by atoms with E-state index < -0.39 is 0 Å². The van der Waals surface area contributed by atoms with Gasteiger partial charge in [-0.2, -0.15) is 0 Å². The molecular formula is C19H15ClOS2. The molecule has 0 N–H and O–H groups in total. The molecule has 116 valence electrons. The second-order valence-electron chi connectivity index (χ2n) is 5.08. The molecular weight excluding hydrogens is 344 g/mol. The molecule has 4 heteroatoms. The number of hydrogen-bond acceptors (Lipinski definition) is 3. The van der Waals surface area contributed by atoms with Crippen LogP contribution in [0.15, 0.2) is 77.0 Å². The number of rotatable bonds is 6. The molecule has 0 saturated heterocycles. The Balaban J connectivity index is 1.83. The predicted molar refractivity (Wildman–Crippen MR) is 99.8 cm³/mol. The Morgan fingerprint density at radius 1 is 1.00 bits per heavy atom. The minimum atomic E-state index is 0.0734. The highest BCUT2D eigenvalue weighted by Crippen LogP contribution is 2.39. The molecule has 3 aromatic rings. The first-order chi connectivity index (χ1) is 11.2. The van der Waals surface area contributed by atoms with E-state index in [0.29, 0.717) is 11.4 Å². The van der Waals surface area contributed by atoms with Crippen molar-refractivity contribution in [2.75, 3.05) is 0 Å². The van der Waals surface area contributed by atoms with Crippen molar-refractivity contribution < 1.29 is 4.79 Å². The number of carbonyl (C=O) groups is 1. The summed E-state index contributed by atoms with van der Waals surface area (Å²) in [5.41, 5.74) is 1.12. The van der Waals surface area contributed by atoms with Crippen LogP contribution in [0.4, 0.5) is 0 Å².